The Kier molecular flexibility index (Phi) is 6.97. The van der Waals surface area contributed by atoms with E-state index in [2.05, 4.69) is 60.7 Å². The van der Waals surface area contributed by atoms with Crippen molar-refractivity contribution in [1.82, 2.24) is 14.9 Å². The molecule has 2 aromatic rings. The average molecular weight is 385 g/mol. The van der Waals surface area contributed by atoms with E-state index >= 15 is 0 Å². The van der Waals surface area contributed by atoms with Gasteiger partial charge in [0.25, 0.3) is 0 Å². The zero-order valence-electron chi connectivity index (χ0n) is 17.9. The summed E-state index contributed by atoms with van der Waals surface area (Å²) in [6.45, 7) is 10.6. The van der Waals surface area contributed by atoms with Crippen LogP contribution in [0.25, 0.3) is 11.0 Å². The SMILES string of the molecule is CCCCC(CC)C(=O)NC1CCN(c2nc3ccccc3n2C(C)C)CC1. The van der Waals surface area contributed by atoms with Crippen LogP contribution in [0.3, 0.4) is 0 Å². The summed E-state index contributed by atoms with van der Waals surface area (Å²) in [6.07, 6.45) is 6.20. The number of hydrogen-bond donors (Lipinski definition) is 1. The fourth-order valence-electron chi connectivity index (χ4n) is 4.28. The molecule has 1 fully saturated rings. The highest BCUT2D eigenvalue weighted by Crippen LogP contribution is 2.28. The lowest BCUT2D eigenvalue weighted by molar-refractivity contribution is -0.126. The second-order valence-corrected chi connectivity index (χ2v) is 8.38. The first kappa shape index (κ1) is 20.7. The zero-order valence-corrected chi connectivity index (χ0v) is 17.9. The largest absolute Gasteiger partial charge is 0.353 e. The maximum atomic E-state index is 12.6. The molecule has 1 aliphatic rings. The van der Waals surface area contributed by atoms with Crippen molar-refractivity contribution in [2.75, 3.05) is 18.0 Å². The van der Waals surface area contributed by atoms with Crippen molar-refractivity contribution in [3.63, 3.8) is 0 Å². The molecular formula is C23H36N4O. The Bertz CT molecular complexity index is 774. The number of nitrogens with zero attached hydrogens (tertiary/aromatic N) is 3. The number of amides is 1. The van der Waals surface area contributed by atoms with E-state index < -0.39 is 0 Å². The summed E-state index contributed by atoms with van der Waals surface area (Å²) in [7, 11) is 0. The van der Waals surface area contributed by atoms with Gasteiger partial charge in [-0.15, -0.1) is 0 Å². The Morgan fingerprint density at radius 2 is 1.93 bits per heavy atom. The first-order chi connectivity index (χ1) is 13.5. The Labute approximate surface area is 169 Å². The second-order valence-electron chi connectivity index (χ2n) is 8.38. The highest BCUT2D eigenvalue weighted by atomic mass is 16.1. The second kappa shape index (κ2) is 9.44. The van der Waals surface area contributed by atoms with Gasteiger partial charge in [-0.1, -0.05) is 38.8 Å². The van der Waals surface area contributed by atoms with Gasteiger partial charge in [-0.05, 0) is 51.7 Å². The fourth-order valence-corrected chi connectivity index (χ4v) is 4.28. The summed E-state index contributed by atoms with van der Waals surface area (Å²) >= 11 is 0. The number of hydrogen-bond acceptors (Lipinski definition) is 3. The molecule has 154 valence electrons. The van der Waals surface area contributed by atoms with E-state index in [1.165, 1.54) is 5.52 Å². The highest BCUT2D eigenvalue weighted by Gasteiger charge is 2.26. The number of fused-ring (bicyclic) bond motifs is 1. The number of rotatable bonds is 8. The van der Waals surface area contributed by atoms with Gasteiger partial charge in [-0.2, -0.15) is 0 Å². The Morgan fingerprint density at radius 1 is 1.21 bits per heavy atom. The Balaban J connectivity index is 1.63. The highest BCUT2D eigenvalue weighted by molar-refractivity contribution is 5.79. The summed E-state index contributed by atoms with van der Waals surface area (Å²) in [4.78, 5) is 19.9. The van der Waals surface area contributed by atoms with Gasteiger partial charge in [0.05, 0.1) is 11.0 Å². The number of piperidine rings is 1. The third kappa shape index (κ3) is 4.50. The van der Waals surface area contributed by atoms with E-state index in [9.17, 15) is 4.79 Å². The van der Waals surface area contributed by atoms with E-state index in [0.29, 0.717) is 6.04 Å². The Morgan fingerprint density at radius 3 is 2.57 bits per heavy atom. The average Bonchev–Trinajstić information content (AvgIpc) is 3.09. The lowest BCUT2D eigenvalue weighted by Gasteiger charge is -2.34. The van der Waals surface area contributed by atoms with Gasteiger partial charge >= 0.3 is 0 Å². The Hall–Kier alpha value is -2.04. The molecule has 1 aromatic carbocycles. The molecule has 1 unspecified atom stereocenters. The van der Waals surface area contributed by atoms with Crippen molar-refractivity contribution in [3.8, 4) is 0 Å². The van der Waals surface area contributed by atoms with Crippen LogP contribution >= 0.6 is 0 Å². The number of benzene rings is 1. The minimum absolute atomic E-state index is 0.170. The van der Waals surface area contributed by atoms with E-state index in [-0.39, 0.29) is 17.9 Å². The molecule has 0 radical (unpaired) electrons. The molecule has 1 N–H and O–H groups in total. The maximum Gasteiger partial charge on any atom is 0.223 e. The molecule has 5 nitrogen and oxygen atoms in total. The van der Waals surface area contributed by atoms with Gasteiger partial charge < -0.3 is 14.8 Å². The number of carbonyl (C=O) groups excluding carboxylic acids is 1. The standard InChI is InChI=1S/C23H36N4O/c1-5-7-10-18(6-2)22(28)24-19-13-15-26(16-14-19)23-25-20-11-8-9-12-21(20)27(23)17(3)4/h8-9,11-12,17-19H,5-7,10,13-16H2,1-4H3,(H,24,28). The molecule has 5 heteroatoms. The topological polar surface area (TPSA) is 50.2 Å². The van der Waals surface area contributed by atoms with Crippen LogP contribution in [0.1, 0.15) is 72.3 Å². The number of anilines is 1. The van der Waals surface area contributed by atoms with Crippen LogP contribution < -0.4 is 10.2 Å². The van der Waals surface area contributed by atoms with Crippen LogP contribution in [0.15, 0.2) is 24.3 Å². The van der Waals surface area contributed by atoms with Crippen molar-refractivity contribution in [2.24, 2.45) is 5.92 Å². The summed E-state index contributed by atoms with van der Waals surface area (Å²) < 4.78 is 2.34. The molecular weight excluding hydrogens is 348 g/mol. The third-order valence-corrected chi connectivity index (χ3v) is 5.99. The molecule has 0 bridgehead atoms. The van der Waals surface area contributed by atoms with Crippen LogP contribution in [0, 0.1) is 5.92 Å². The minimum atomic E-state index is 0.170. The summed E-state index contributed by atoms with van der Waals surface area (Å²) in [5, 5.41) is 3.32. The van der Waals surface area contributed by atoms with E-state index in [4.69, 9.17) is 4.98 Å². The van der Waals surface area contributed by atoms with E-state index in [0.717, 1.165) is 63.1 Å². The van der Waals surface area contributed by atoms with Crippen LogP contribution in [-0.4, -0.2) is 34.6 Å². The maximum absolute atomic E-state index is 12.6. The molecule has 1 atom stereocenters. The van der Waals surface area contributed by atoms with Crippen LogP contribution in [-0.2, 0) is 4.79 Å². The van der Waals surface area contributed by atoms with Crippen molar-refractivity contribution in [3.05, 3.63) is 24.3 Å². The monoisotopic (exact) mass is 384 g/mol. The lowest BCUT2D eigenvalue weighted by Crippen LogP contribution is -2.47. The quantitative estimate of drug-likeness (QED) is 0.703. The van der Waals surface area contributed by atoms with E-state index in [1.807, 2.05) is 6.07 Å². The minimum Gasteiger partial charge on any atom is -0.353 e. The first-order valence-corrected chi connectivity index (χ1v) is 11.1. The molecule has 0 spiro atoms. The number of unbranched alkanes of at least 4 members (excludes halogenated alkanes) is 1. The van der Waals surface area contributed by atoms with Crippen molar-refractivity contribution in [2.45, 2.75) is 78.3 Å². The smallest absolute Gasteiger partial charge is 0.223 e. The van der Waals surface area contributed by atoms with Gasteiger partial charge in [0.15, 0.2) is 0 Å². The normalized spacial score (nSPS) is 16.7. The molecule has 28 heavy (non-hydrogen) atoms. The summed E-state index contributed by atoms with van der Waals surface area (Å²) in [5.41, 5.74) is 2.26. The molecule has 1 saturated heterocycles. The number of aromatic nitrogens is 2. The lowest BCUT2D eigenvalue weighted by atomic mass is 9.97. The predicted molar refractivity (Wildman–Crippen MR) is 117 cm³/mol. The molecule has 1 aromatic heterocycles. The van der Waals surface area contributed by atoms with Gasteiger partial charge in [-0.3, -0.25) is 4.79 Å². The van der Waals surface area contributed by atoms with Gasteiger partial charge in [-0.25, -0.2) is 4.98 Å². The van der Waals surface area contributed by atoms with Crippen molar-refractivity contribution < 1.29 is 4.79 Å². The van der Waals surface area contributed by atoms with Crippen LogP contribution in [0.2, 0.25) is 0 Å². The summed E-state index contributed by atoms with van der Waals surface area (Å²) in [5.74, 6) is 1.49. The van der Waals surface area contributed by atoms with Gasteiger partial charge in [0, 0.05) is 31.1 Å². The number of nitrogens with one attached hydrogen (secondary N) is 1. The van der Waals surface area contributed by atoms with E-state index in [1.54, 1.807) is 0 Å². The van der Waals surface area contributed by atoms with Crippen molar-refractivity contribution >= 4 is 22.9 Å². The van der Waals surface area contributed by atoms with Crippen LogP contribution in [0.5, 0.6) is 0 Å². The molecule has 3 rings (SSSR count). The number of carbonyl (C=O) groups is 1. The van der Waals surface area contributed by atoms with Gasteiger partial charge in [0.2, 0.25) is 11.9 Å². The van der Waals surface area contributed by atoms with Crippen molar-refractivity contribution in [1.29, 1.82) is 0 Å². The molecule has 1 amide bonds. The number of imidazole rings is 1. The third-order valence-electron chi connectivity index (χ3n) is 5.99. The fraction of sp³-hybridized carbons (Fsp3) is 0.652. The molecule has 0 saturated carbocycles. The zero-order chi connectivity index (χ0) is 20.1. The summed E-state index contributed by atoms with van der Waals surface area (Å²) in [6, 6.07) is 9.03. The molecule has 0 aliphatic carbocycles. The van der Waals surface area contributed by atoms with Crippen LogP contribution in [0.4, 0.5) is 5.95 Å². The number of para-hydroxylation sites is 2. The van der Waals surface area contributed by atoms with Gasteiger partial charge in [0.1, 0.15) is 0 Å². The molecule has 2 heterocycles. The predicted octanol–water partition coefficient (Wildman–Crippen LogP) is 4.92. The molecule has 1 aliphatic heterocycles. The first-order valence-electron chi connectivity index (χ1n) is 11.1.